The van der Waals surface area contributed by atoms with Crippen molar-refractivity contribution in [3.05, 3.63) is 22.8 Å². The van der Waals surface area contributed by atoms with E-state index in [1.807, 2.05) is 6.92 Å². The van der Waals surface area contributed by atoms with Crippen molar-refractivity contribution in [1.29, 1.82) is 0 Å². The predicted molar refractivity (Wildman–Crippen MR) is 68.3 cm³/mol. The van der Waals surface area contributed by atoms with Crippen LogP contribution in [0.15, 0.2) is 12.3 Å². The lowest BCUT2D eigenvalue weighted by Crippen LogP contribution is -2.30. The van der Waals surface area contributed by atoms with E-state index in [1.165, 1.54) is 12.3 Å². The summed E-state index contributed by atoms with van der Waals surface area (Å²) in [6.45, 7) is 2.78. The quantitative estimate of drug-likeness (QED) is 0.879. The van der Waals surface area contributed by atoms with Gasteiger partial charge >= 0.3 is 5.97 Å². The zero-order valence-electron chi connectivity index (χ0n) is 10.0. The molecule has 1 saturated heterocycles. The molecule has 1 aromatic rings. The predicted octanol–water partition coefficient (Wildman–Crippen LogP) is 2.41. The molecule has 0 saturated carbocycles. The molecule has 1 aliphatic rings. The normalized spacial score (nSPS) is 20.7. The summed E-state index contributed by atoms with van der Waals surface area (Å²) in [7, 11) is 0. The molecule has 98 valence electrons. The zero-order chi connectivity index (χ0) is 13.1. The molecule has 0 radical (unpaired) electrons. The Balaban J connectivity index is 2.09. The second-order valence-electron chi connectivity index (χ2n) is 4.34. The molecule has 0 aliphatic carbocycles. The Bertz CT molecular complexity index is 447. The number of aromatic nitrogens is 1. The van der Waals surface area contributed by atoms with Crippen LogP contribution in [0.2, 0.25) is 5.02 Å². The van der Waals surface area contributed by atoms with Crippen molar-refractivity contribution in [2.24, 2.45) is 0 Å². The number of pyridine rings is 1. The Hall–Kier alpha value is -1.33. The van der Waals surface area contributed by atoms with Crippen LogP contribution in [0.4, 0.5) is 5.82 Å². The Labute approximate surface area is 110 Å². The average Bonchev–Trinajstić information content (AvgIpc) is 2.85. The zero-order valence-corrected chi connectivity index (χ0v) is 10.8. The molecule has 2 unspecified atom stereocenters. The molecule has 0 bridgehead atoms. The summed E-state index contributed by atoms with van der Waals surface area (Å²) in [5.41, 5.74) is 0.0497. The third-order valence-electron chi connectivity index (χ3n) is 2.98. The molecular weight excluding hydrogens is 256 g/mol. The van der Waals surface area contributed by atoms with Crippen LogP contribution < -0.4 is 5.32 Å². The van der Waals surface area contributed by atoms with Crippen LogP contribution >= 0.6 is 11.6 Å². The number of carbonyl (C=O) groups is 1. The van der Waals surface area contributed by atoms with Crippen LogP contribution in [0.3, 0.4) is 0 Å². The fraction of sp³-hybridized carbons (Fsp3) is 0.500. The van der Waals surface area contributed by atoms with Gasteiger partial charge in [0.25, 0.3) is 0 Å². The highest BCUT2D eigenvalue weighted by Gasteiger charge is 2.22. The van der Waals surface area contributed by atoms with Crippen molar-refractivity contribution in [1.82, 2.24) is 4.98 Å². The first kappa shape index (κ1) is 13.1. The van der Waals surface area contributed by atoms with Crippen LogP contribution in [0.25, 0.3) is 0 Å². The first-order valence-electron chi connectivity index (χ1n) is 5.85. The summed E-state index contributed by atoms with van der Waals surface area (Å²) in [5, 5.41) is 12.3. The third-order valence-corrected chi connectivity index (χ3v) is 3.29. The second kappa shape index (κ2) is 5.54. The molecule has 1 aliphatic heterocycles. The van der Waals surface area contributed by atoms with E-state index in [0.717, 1.165) is 19.4 Å². The fourth-order valence-electron chi connectivity index (χ4n) is 2.00. The summed E-state index contributed by atoms with van der Waals surface area (Å²) in [6.07, 6.45) is 3.56. The van der Waals surface area contributed by atoms with E-state index in [4.69, 9.17) is 21.4 Å². The minimum absolute atomic E-state index is 0.0497. The number of rotatable bonds is 4. The van der Waals surface area contributed by atoms with E-state index >= 15 is 0 Å². The van der Waals surface area contributed by atoms with Crippen LogP contribution in [0.1, 0.15) is 30.1 Å². The van der Waals surface area contributed by atoms with Gasteiger partial charge in [-0.3, -0.25) is 0 Å². The molecule has 2 N–H and O–H groups in total. The number of carboxylic acid groups (broad SMARTS) is 1. The van der Waals surface area contributed by atoms with Gasteiger partial charge in [-0.2, -0.15) is 0 Å². The van der Waals surface area contributed by atoms with Gasteiger partial charge < -0.3 is 15.2 Å². The van der Waals surface area contributed by atoms with Crippen molar-refractivity contribution in [3.63, 3.8) is 0 Å². The van der Waals surface area contributed by atoms with Gasteiger partial charge in [-0.1, -0.05) is 11.6 Å². The number of hydrogen-bond acceptors (Lipinski definition) is 4. The third kappa shape index (κ3) is 2.91. The number of aromatic carboxylic acids is 1. The smallest absolute Gasteiger partial charge is 0.337 e. The van der Waals surface area contributed by atoms with Crippen molar-refractivity contribution >= 4 is 23.4 Å². The van der Waals surface area contributed by atoms with Gasteiger partial charge in [-0.15, -0.1) is 0 Å². The standard InChI is InChI=1S/C12H15ClN2O3/c1-7(10-3-2-4-18-10)15-11-5-8(12(16)17)9(13)6-14-11/h5-7,10H,2-4H2,1H3,(H,14,15)(H,16,17). The largest absolute Gasteiger partial charge is 0.478 e. The van der Waals surface area contributed by atoms with Crippen LogP contribution in [0.5, 0.6) is 0 Å². The lowest BCUT2D eigenvalue weighted by Gasteiger charge is -2.20. The maximum Gasteiger partial charge on any atom is 0.337 e. The molecular formula is C12H15ClN2O3. The molecule has 0 spiro atoms. The van der Waals surface area contributed by atoms with Gasteiger partial charge in [0, 0.05) is 12.8 Å². The van der Waals surface area contributed by atoms with Crippen molar-refractivity contribution in [2.45, 2.75) is 31.9 Å². The highest BCUT2D eigenvalue weighted by Crippen LogP contribution is 2.21. The van der Waals surface area contributed by atoms with E-state index in [-0.39, 0.29) is 22.7 Å². The van der Waals surface area contributed by atoms with Gasteiger partial charge in [0.05, 0.1) is 22.7 Å². The number of nitrogens with one attached hydrogen (secondary N) is 1. The van der Waals surface area contributed by atoms with Crippen LogP contribution in [-0.4, -0.2) is 34.8 Å². The lowest BCUT2D eigenvalue weighted by atomic mass is 10.1. The maximum atomic E-state index is 11.0. The summed E-state index contributed by atoms with van der Waals surface area (Å²) in [5.74, 6) is -0.560. The highest BCUT2D eigenvalue weighted by molar-refractivity contribution is 6.33. The maximum absolute atomic E-state index is 11.0. The number of anilines is 1. The molecule has 1 aromatic heterocycles. The van der Waals surface area contributed by atoms with Crippen molar-refractivity contribution < 1.29 is 14.6 Å². The molecule has 2 atom stereocenters. The molecule has 0 aromatic carbocycles. The Kier molecular flexibility index (Phi) is 4.04. The van der Waals surface area contributed by atoms with E-state index < -0.39 is 5.97 Å². The molecule has 2 rings (SSSR count). The monoisotopic (exact) mass is 270 g/mol. The lowest BCUT2D eigenvalue weighted by molar-refractivity contribution is 0.0697. The van der Waals surface area contributed by atoms with Gasteiger partial charge in [0.2, 0.25) is 0 Å². The molecule has 6 heteroatoms. The topological polar surface area (TPSA) is 71.5 Å². The summed E-state index contributed by atoms with van der Waals surface area (Å²) in [4.78, 5) is 15.0. The van der Waals surface area contributed by atoms with E-state index in [9.17, 15) is 4.79 Å². The summed E-state index contributed by atoms with van der Waals surface area (Å²) in [6, 6.07) is 1.53. The SMILES string of the molecule is CC(Nc1cc(C(=O)O)c(Cl)cn1)C1CCCO1. The van der Waals surface area contributed by atoms with Crippen LogP contribution in [-0.2, 0) is 4.74 Å². The van der Waals surface area contributed by atoms with Crippen molar-refractivity contribution in [2.75, 3.05) is 11.9 Å². The molecule has 1 fully saturated rings. The second-order valence-corrected chi connectivity index (χ2v) is 4.75. The summed E-state index contributed by atoms with van der Waals surface area (Å²) >= 11 is 5.76. The number of carboxylic acids is 1. The fourth-order valence-corrected chi connectivity index (χ4v) is 2.19. The van der Waals surface area contributed by atoms with E-state index in [1.54, 1.807) is 0 Å². The Morgan fingerprint density at radius 3 is 3.11 bits per heavy atom. The molecule has 0 amide bonds. The Morgan fingerprint density at radius 1 is 1.72 bits per heavy atom. The molecule has 2 heterocycles. The summed E-state index contributed by atoms with van der Waals surface area (Å²) < 4.78 is 5.56. The van der Waals surface area contributed by atoms with Gasteiger partial charge in [0.1, 0.15) is 5.82 Å². The molecule has 18 heavy (non-hydrogen) atoms. The van der Waals surface area contributed by atoms with Gasteiger partial charge in [-0.05, 0) is 25.8 Å². The minimum atomic E-state index is -1.06. The van der Waals surface area contributed by atoms with Crippen LogP contribution in [0, 0.1) is 0 Å². The first-order valence-corrected chi connectivity index (χ1v) is 6.22. The molecule has 5 nitrogen and oxygen atoms in total. The number of nitrogens with zero attached hydrogens (tertiary/aromatic N) is 1. The van der Waals surface area contributed by atoms with Gasteiger partial charge in [-0.25, -0.2) is 9.78 Å². The van der Waals surface area contributed by atoms with E-state index in [0.29, 0.717) is 5.82 Å². The van der Waals surface area contributed by atoms with Crippen molar-refractivity contribution in [3.8, 4) is 0 Å². The number of ether oxygens (including phenoxy) is 1. The number of halogens is 1. The van der Waals surface area contributed by atoms with Gasteiger partial charge in [0.15, 0.2) is 0 Å². The average molecular weight is 271 g/mol. The number of hydrogen-bond donors (Lipinski definition) is 2. The van der Waals surface area contributed by atoms with E-state index in [2.05, 4.69) is 10.3 Å². The highest BCUT2D eigenvalue weighted by atomic mass is 35.5. The minimum Gasteiger partial charge on any atom is -0.478 e. The first-order chi connectivity index (χ1) is 8.58. The Morgan fingerprint density at radius 2 is 2.50 bits per heavy atom.